The van der Waals surface area contributed by atoms with E-state index in [9.17, 15) is 0 Å². The topological polar surface area (TPSA) is 67.9 Å². The molecule has 0 amide bonds. The standard InChI is InChI=1S/C44H34N4O2/c1-49-37-27-23-35(24-28-37)43(33-19-11-5-12-20-33)39(31-15-7-3-8-16-31)45-41(47-43)42-46-40(32-17-9-4-10-18-32)44(48-42,34-21-13-6-14-22-34)36-25-29-38(50-2)30-26-36/h3-30H,1-2H3. The molecule has 6 aromatic carbocycles. The minimum Gasteiger partial charge on any atom is -0.497 e. The maximum Gasteiger partial charge on any atom is 0.194 e. The summed E-state index contributed by atoms with van der Waals surface area (Å²) < 4.78 is 11.1. The molecule has 0 spiro atoms. The van der Waals surface area contributed by atoms with Crippen molar-refractivity contribution >= 4 is 23.1 Å². The lowest BCUT2D eigenvalue weighted by atomic mass is 9.77. The van der Waals surface area contributed by atoms with Gasteiger partial charge in [-0.3, -0.25) is 0 Å². The van der Waals surface area contributed by atoms with Crippen molar-refractivity contribution in [1.82, 2.24) is 0 Å². The summed E-state index contributed by atoms with van der Waals surface area (Å²) >= 11 is 0. The van der Waals surface area contributed by atoms with Crippen LogP contribution in [0.4, 0.5) is 0 Å². The summed E-state index contributed by atoms with van der Waals surface area (Å²) in [5.41, 5.74) is 5.43. The molecule has 6 aromatic rings. The van der Waals surface area contributed by atoms with Crippen LogP contribution < -0.4 is 9.47 Å². The van der Waals surface area contributed by atoms with Gasteiger partial charge in [-0.05, 0) is 57.6 Å². The number of benzene rings is 6. The van der Waals surface area contributed by atoms with E-state index < -0.39 is 11.1 Å². The van der Waals surface area contributed by atoms with Gasteiger partial charge in [-0.15, -0.1) is 0 Å². The van der Waals surface area contributed by atoms with E-state index in [0.717, 1.165) is 56.3 Å². The summed E-state index contributed by atoms with van der Waals surface area (Å²) in [6.45, 7) is 0. The maximum atomic E-state index is 5.58. The normalized spacial score (nSPS) is 19.6. The molecule has 2 unspecified atom stereocenters. The van der Waals surface area contributed by atoms with Crippen LogP contribution in [-0.4, -0.2) is 37.3 Å². The van der Waals surface area contributed by atoms with Gasteiger partial charge in [0.05, 0.1) is 25.6 Å². The summed E-state index contributed by atoms with van der Waals surface area (Å²) in [5, 5.41) is 0. The number of rotatable bonds is 9. The number of aliphatic imine (C=N–C) groups is 4. The van der Waals surface area contributed by atoms with Gasteiger partial charge in [-0.1, -0.05) is 146 Å². The summed E-state index contributed by atoms with van der Waals surface area (Å²) in [4.78, 5) is 21.9. The van der Waals surface area contributed by atoms with E-state index in [0.29, 0.717) is 11.7 Å². The third kappa shape index (κ3) is 5.13. The molecule has 0 radical (unpaired) electrons. The molecule has 0 saturated carbocycles. The van der Waals surface area contributed by atoms with Gasteiger partial charge in [0.1, 0.15) is 11.5 Å². The first-order chi connectivity index (χ1) is 24.7. The summed E-state index contributed by atoms with van der Waals surface area (Å²) in [7, 11) is 3.35. The highest BCUT2D eigenvalue weighted by atomic mass is 16.5. The van der Waals surface area contributed by atoms with Crippen LogP contribution in [0.25, 0.3) is 0 Å². The van der Waals surface area contributed by atoms with E-state index in [2.05, 4.69) is 72.8 Å². The Bertz CT molecular complexity index is 2080. The average molecular weight is 651 g/mol. The monoisotopic (exact) mass is 650 g/mol. The predicted octanol–water partition coefficient (Wildman–Crippen LogP) is 8.69. The van der Waals surface area contributed by atoms with Gasteiger partial charge in [0.2, 0.25) is 0 Å². The Hall–Kier alpha value is -6.40. The molecule has 0 aromatic heterocycles. The fourth-order valence-electron chi connectivity index (χ4n) is 6.95. The first kappa shape index (κ1) is 30.9. The molecular weight excluding hydrogens is 617 g/mol. The van der Waals surface area contributed by atoms with Crippen molar-refractivity contribution in [3.8, 4) is 11.5 Å². The zero-order valence-electron chi connectivity index (χ0n) is 27.8. The van der Waals surface area contributed by atoms with Crippen molar-refractivity contribution in [3.05, 3.63) is 203 Å². The van der Waals surface area contributed by atoms with Crippen LogP contribution in [0.2, 0.25) is 0 Å². The van der Waals surface area contributed by atoms with Gasteiger partial charge in [0, 0.05) is 0 Å². The SMILES string of the molecule is COc1ccc(C2(c3ccccc3)N=C(C3=NC(c4ccccc4)(c4ccc(OC)cc4)C(c4ccccc4)=N3)N=C2c2ccccc2)cc1. The molecule has 2 atom stereocenters. The molecule has 0 N–H and O–H groups in total. The van der Waals surface area contributed by atoms with Crippen molar-refractivity contribution < 1.29 is 9.47 Å². The lowest BCUT2D eigenvalue weighted by Gasteiger charge is -2.30. The van der Waals surface area contributed by atoms with Gasteiger partial charge in [0.15, 0.2) is 22.7 Å². The largest absolute Gasteiger partial charge is 0.497 e. The molecule has 8 rings (SSSR count). The molecule has 0 bridgehead atoms. The Morgan fingerprint density at radius 1 is 0.360 bits per heavy atom. The fraction of sp³-hybridized carbons (Fsp3) is 0.0909. The highest BCUT2D eigenvalue weighted by molar-refractivity contribution is 6.49. The fourth-order valence-corrected chi connectivity index (χ4v) is 6.95. The van der Waals surface area contributed by atoms with Crippen molar-refractivity contribution in [3.63, 3.8) is 0 Å². The van der Waals surface area contributed by atoms with Crippen LogP contribution in [0, 0.1) is 0 Å². The quantitative estimate of drug-likeness (QED) is 0.157. The third-order valence-corrected chi connectivity index (χ3v) is 9.36. The van der Waals surface area contributed by atoms with E-state index in [1.54, 1.807) is 14.2 Å². The van der Waals surface area contributed by atoms with Crippen LogP contribution >= 0.6 is 0 Å². The van der Waals surface area contributed by atoms with Crippen LogP contribution in [0.3, 0.4) is 0 Å². The first-order valence-corrected chi connectivity index (χ1v) is 16.5. The van der Waals surface area contributed by atoms with Crippen LogP contribution in [0.5, 0.6) is 11.5 Å². The molecule has 50 heavy (non-hydrogen) atoms. The van der Waals surface area contributed by atoms with Gasteiger partial charge in [-0.2, -0.15) is 0 Å². The van der Waals surface area contributed by atoms with Gasteiger partial charge in [0.25, 0.3) is 0 Å². The minimum atomic E-state index is -0.979. The average Bonchev–Trinajstić information content (AvgIpc) is 3.81. The van der Waals surface area contributed by atoms with Crippen molar-refractivity contribution in [2.24, 2.45) is 20.0 Å². The molecular formula is C44H34N4O2. The Balaban J connectivity index is 1.42. The van der Waals surface area contributed by atoms with Crippen molar-refractivity contribution in [2.75, 3.05) is 14.2 Å². The Morgan fingerprint density at radius 2 is 0.660 bits per heavy atom. The minimum absolute atomic E-state index is 0.461. The number of hydrogen-bond donors (Lipinski definition) is 0. The number of nitrogens with zero attached hydrogens (tertiary/aromatic N) is 4. The lowest BCUT2D eigenvalue weighted by Crippen LogP contribution is -2.34. The van der Waals surface area contributed by atoms with Crippen LogP contribution in [-0.2, 0) is 11.1 Å². The van der Waals surface area contributed by atoms with Crippen LogP contribution in [0.1, 0.15) is 33.4 Å². The van der Waals surface area contributed by atoms with Crippen molar-refractivity contribution in [1.29, 1.82) is 0 Å². The van der Waals surface area contributed by atoms with Crippen LogP contribution in [0.15, 0.2) is 190 Å². The van der Waals surface area contributed by atoms with E-state index in [1.807, 2.05) is 97.1 Å². The molecule has 242 valence electrons. The van der Waals surface area contributed by atoms with Gasteiger partial charge in [-0.25, -0.2) is 20.0 Å². The predicted molar refractivity (Wildman–Crippen MR) is 201 cm³/mol. The lowest BCUT2D eigenvalue weighted by molar-refractivity contribution is 0.414. The Labute approximate surface area is 291 Å². The second-order valence-corrected chi connectivity index (χ2v) is 12.1. The Kier molecular flexibility index (Phi) is 7.97. The highest BCUT2D eigenvalue weighted by Gasteiger charge is 2.49. The third-order valence-electron chi connectivity index (χ3n) is 9.36. The number of methoxy groups -OCH3 is 2. The smallest absolute Gasteiger partial charge is 0.194 e. The first-order valence-electron chi connectivity index (χ1n) is 16.5. The molecule has 0 aliphatic carbocycles. The number of amidine groups is 2. The van der Waals surface area contributed by atoms with Crippen molar-refractivity contribution in [2.45, 2.75) is 11.1 Å². The number of ether oxygens (including phenoxy) is 2. The molecule has 2 heterocycles. The zero-order valence-corrected chi connectivity index (χ0v) is 27.8. The Morgan fingerprint density at radius 3 is 0.980 bits per heavy atom. The molecule has 6 nitrogen and oxygen atoms in total. The van der Waals surface area contributed by atoms with Gasteiger partial charge >= 0.3 is 0 Å². The molecule has 2 aliphatic heterocycles. The highest BCUT2D eigenvalue weighted by Crippen LogP contribution is 2.45. The zero-order chi connectivity index (χ0) is 34.0. The molecule has 2 aliphatic rings. The second kappa shape index (κ2) is 12.9. The van der Waals surface area contributed by atoms with E-state index in [4.69, 9.17) is 29.4 Å². The van der Waals surface area contributed by atoms with E-state index >= 15 is 0 Å². The van der Waals surface area contributed by atoms with E-state index in [-0.39, 0.29) is 0 Å². The van der Waals surface area contributed by atoms with E-state index in [1.165, 1.54) is 0 Å². The van der Waals surface area contributed by atoms with Gasteiger partial charge < -0.3 is 9.47 Å². The summed E-state index contributed by atoms with van der Waals surface area (Å²) in [5.74, 6) is 2.45. The maximum absolute atomic E-state index is 5.58. The number of hydrogen-bond acceptors (Lipinski definition) is 6. The summed E-state index contributed by atoms with van der Waals surface area (Å²) in [6.07, 6.45) is 0. The second-order valence-electron chi connectivity index (χ2n) is 12.1. The molecule has 6 heteroatoms. The molecule has 0 saturated heterocycles. The summed E-state index contributed by atoms with van der Waals surface area (Å²) in [6, 6.07) is 57.3. The molecule has 0 fully saturated rings.